The molecule has 0 radical (unpaired) electrons. The van der Waals surface area contributed by atoms with E-state index in [0.717, 1.165) is 56.2 Å². The maximum Gasteiger partial charge on any atom is 0.490 e. The molecule has 5 rings (SSSR count). The third kappa shape index (κ3) is 5.14. The van der Waals surface area contributed by atoms with Crippen LogP contribution in [0.2, 0.25) is 0 Å². The van der Waals surface area contributed by atoms with Crippen molar-refractivity contribution in [2.24, 2.45) is 0 Å². The highest BCUT2D eigenvalue weighted by Crippen LogP contribution is 2.45. The highest BCUT2D eigenvalue weighted by atomic mass is 32.2. The van der Waals surface area contributed by atoms with Crippen LogP contribution >= 0.6 is 0 Å². The van der Waals surface area contributed by atoms with E-state index in [-0.39, 0.29) is 5.25 Å². The summed E-state index contributed by atoms with van der Waals surface area (Å²) in [7, 11) is -0.969. The lowest BCUT2D eigenvalue weighted by Gasteiger charge is -2.38. The van der Waals surface area contributed by atoms with Gasteiger partial charge < -0.3 is 19.6 Å². The molecular formula is C20H28F3N5O5S. The second kappa shape index (κ2) is 9.21. The zero-order valence-corrected chi connectivity index (χ0v) is 19.6. The Morgan fingerprint density at radius 3 is 2.26 bits per heavy atom. The molecule has 190 valence electrons. The van der Waals surface area contributed by atoms with Crippen molar-refractivity contribution in [3.05, 3.63) is 17.5 Å². The zero-order valence-electron chi connectivity index (χ0n) is 18.8. The van der Waals surface area contributed by atoms with E-state index in [4.69, 9.17) is 19.6 Å². The van der Waals surface area contributed by atoms with Crippen LogP contribution in [0.3, 0.4) is 0 Å². The Morgan fingerprint density at radius 2 is 1.74 bits per heavy atom. The summed E-state index contributed by atoms with van der Waals surface area (Å²) >= 11 is 0. The number of hydrogen-bond acceptors (Lipinski definition) is 8. The van der Waals surface area contributed by atoms with Gasteiger partial charge >= 0.3 is 12.1 Å². The van der Waals surface area contributed by atoms with Gasteiger partial charge in [-0.2, -0.15) is 13.2 Å². The predicted octanol–water partition coefficient (Wildman–Crippen LogP) is 1.18. The van der Waals surface area contributed by atoms with Crippen LogP contribution in [0, 0.1) is 0 Å². The summed E-state index contributed by atoms with van der Waals surface area (Å²) in [5.74, 6) is -1.97. The lowest BCUT2D eigenvalue weighted by Crippen LogP contribution is -2.46. The smallest absolute Gasteiger partial charge is 0.475 e. The second-order valence-electron chi connectivity index (χ2n) is 9.05. The third-order valence-electron chi connectivity index (χ3n) is 6.70. The molecule has 4 heterocycles. The van der Waals surface area contributed by atoms with Gasteiger partial charge in [0, 0.05) is 51.0 Å². The number of alkyl halides is 3. The average Bonchev–Trinajstić information content (AvgIpc) is 3.60. The monoisotopic (exact) mass is 507 g/mol. The fourth-order valence-electron chi connectivity index (χ4n) is 4.43. The number of fused-ring (bicyclic) bond motifs is 2. The van der Waals surface area contributed by atoms with Crippen LogP contribution in [0.15, 0.2) is 6.20 Å². The molecule has 0 bridgehead atoms. The number of piperidine rings is 1. The van der Waals surface area contributed by atoms with Crippen molar-refractivity contribution in [2.75, 3.05) is 51.2 Å². The molecule has 0 unspecified atom stereocenters. The maximum absolute atomic E-state index is 12.5. The van der Waals surface area contributed by atoms with Crippen molar-refractivity contribution < 1.29 is 36.2 Å². The zero-order chi connectivity index (χ0) is 24.7. The van der Waals surface area contributed by atoms with Crippen LogP contribution in [0.5, 0.6) is 0 Å². The van der Waals surface area contributed by atoms with E-state index in [2.05, 4.69) is 21.8 Å². The van der Waals surface area contributed by atoms with E-state index in [0.29, 0.717) is 32.5 Å². The van der Waals surface area contributed by atoms with Crippen molar-refractivity contribution in [1.29, 1.82) is 0 Å². The van der Waals surface area contributed by atoms with E-state index in [1.54, 1.807) is 4.31 Å². The Balaban J connectivity index is 0.000000344. The first-order chi connectivity index (χ1) is 15.9. The molecule has 0 amide bonds. The number of likely N-dealkylation sites (N-methyl/N-ethyl adjacent to an activating group) is 1. The van der Waals surface area contributed by atoms with Crippen LogP contribution in [-0.4, -0.2) is 96.4 Å². The number of aromatic nitrogens is 2. The Bertz CT molecular complexity index is 1020. The van der Waals surface area contributed by atoms with E-state index >= 15 is 0 Å². The van der Waals surface area contributed by atoms with E-state index < -0.39 is 27.8 Å². The quantitative estimate of drug-likeness (QED) is 0.644. The summed E-state index contributed by atoms with van der Waals surface area (Å²) in [4.78, 5) is 22.9. The van der Waals surface area contributed by atoms with Gasteiger partial charge in [-0.3, -0.25) is 0 Å². The summed E-state index contributed by atoms with van der Waals surface area (Å²) in [6.45, 7) is 5.47. The Kier molecular flexibility index (Phi) is 6.79. The van der Waals surface area contributed by atoms with E-state index in [1.165, 1.54) is 0 Å². The van der Waals surface area contributed by atoms with Gasteiger partial charge in [0.15, 0.2) is 0 Å². The molecule has 3 aliphatic heterocycles. The number of piperazine rings is 1. The molecule has 34 heavy (non-hydrogen) atoms. The number of hydrogen-bond donors (Lipinski definition) is 1. The number of sulfonamides is 1. The van der Waals surface area contributed by atoms with Crippen molar-refractivity contribution in [3.63, 3.8) is 0 Å². The normalized spacial score (nSPS) is 23.4. The van der Waals surface area contributed by atoms with Crippen molar-refractivity contribution >= 4 is 21.9 Å². The maximum atomic E-state index is 12.5. The van der Waals surface area contributed by atoms with E-state index in [9.17, 15) is 21.6 Å². The van der Waals surface area contributed by atoms with Gasteiger partial charge in [-0.25, -0.2) is 27.5 Å². The fraction of sp³-hybridized carbons (Fsp3) is 0.750. The summed E-state index contributed by atoms with van der Waals surface area (Å²) in [6, 6.07) is 0. The third-order valence-corrected chi connectivity index (χ3v) is 9.09. The lowest BCUT2D eigenvalue weighted by molar-refractivity contribution is -0.192. The molecule has 1 saturated carbocycles. The number of ether oxygens (including phenoxy) is 1. The lowest BCUT2D eigenvalue weighted by atomic mass is 9.86. The standard InChI is InChI=1S/C18H27N5O3S.C2HF3O2/c1-21-8-10-22(11-9-21)17-19-12-15-16(20-17)13-26-18(15)4-6-23(7-5-18)27(24,25)14-2-3-14;3-2(4,5)1(6)7/h12,14H,2-11,13H2,1H3;(H,6,7). The SMILES string of the molecule is CN1CCN(c2ncc3c(n2)COC32CCN(S(=O)(=O)C3CC3)CC2)CC1.O=C(O)C(F)(F)F. The minimum Gasteiger partial charge on any atom is -0.475 e. The van der Waals surface area contributed by atoms with Crippen molar-refractivity contribution in [2.45, 2.75) is 49.3 Å². The summed E-state index contributed by atoms with van der Waals surface area (Å²) in [6.07, 6.45) is -0.168. The average molecular weight is 508 g/mol. The molecule has 1 aliphatic carbocycles. The molecule has 2 saturated heterocycles. The van der Waals surface area contributed by atoms with Gasteiger partial charge in [0.05, 0.1) is 23.2 Å². The number of halogens is 3. The van der Waals surface area contributed by atoms with Crippen LogP contribution in [0.4, 0.5) is 19.1 Å². The van der Waals surface area contributed by atoms with Gasteiger partial charge in [-0.05, 0) is 32.7 Å². The Morgan fingerprint density at radius 1 is 1.15 bits per heavy atom. The largest absolute Gasteiger partial charge is 0.490 e. The number of carboxylic acids is 1. The van der Waals surface area contributed by atoms with Gasteiger partial charge in [0.2, 0.25) is 16.0 Å². The second-order valence-corrected chi connectivity index (χ2v) is 11.3. The Labute approximate surface area is 195 Å². The minimum absolute atomic E-state index is 0.141. The molecule has 0 atom stereocenters. The first kappa shape index (κ1) is 25.1. The fourth-order valence-corrected chi connectivity index (χ4v) is 6.28. The Hall–Kier alpha value is -2.03. The van der Waals surface area contributed by atoms with Crippen LogP contribution in [0.1, 0.15) is 36.9 Å². The molecular weight excluding hydrogens is 479 g/mol. The molecule has 1 spiro atoms. The highest BCUT2D eigenvalue weighted by Gasteiger charge is 2.48. The molecule has 1 aromatic rings. The van der Waals surface area contributed by atoms with E-state index in [1.807, 2.05) is 6.20 Å². The van der Waals surface area contributed by atoms with Gasteiger partial charge in [-0.1, -0.05) is 0 Å². The highest BCUT2D eigenvalue weighted by molar-refractivity contribution is 7.90. The molecule has 1 N–H and O–H groups in total. The molecule has 4 aliphatic rings. The molecule has 14 heteroatoms. The van der Waals surface area contributed by atoms with Crippen LogP contribution < -0.4 is 4.90 Å². The minimum atomic E-state index is -5.08. The number of anilines is 1. The first-order valence-electron chi connectivity index (χ1n) is 11.2. The molecule has 0 aromatic carbocycles. The van der Waals surface area contributed by atoms with Crippen LogP contribution in [0.25, 0.3) is 0 Å². The van der Waals surface area contributed by atoms with Gasteiger partial charge in [0.1, 0.15) is 0 Å². The number of nitrogens with zero attached hydrogens (tertiary/aromatic N) is 5. The van der Waals surface area contributed by atoms with Crippen molar-refractivity contribution in [1.82, 2.24) is 19.2 Å². The summed E-state index contributed by atoms with van der Waals surface area (Å²) in [5.41, 5.74) is 1.62. The molecule has 3 fully saturated rings. The summed E-state index contributed by atoms with van der Waals surface area (Å²) in [5, 5.41) is 6.98. The van der Waals surface area contributed by atoms with Gasteiger partial charge in [0.25, 0.3) is 0 Å². The summed E-state index contributed by atoms with van der Waals surface area (Å²) < 4.78 is 64.6. The number of carboxylic acid groups (broad SMARTS) is 1. The molecule has 10 nitrogen and oxygen atoms in total. The topological polar surface area (TPSA) is 116 Å². The predicted molar refractivity (Wildman–Crippen MR) is 115 cm³/mol. The molecule has 1 aromatic heterocycles. The number of aliphatic carboxylic acids is 1. The van der Waals surface area contributed by atoms with Crippen LogP contribution in [-0.2, 0) is 31.8 Å². The first-order valence-corrected chi connectivity index (χ1v) is 12.7. The van der Waals surface area contributed by atoms with Gasteiger partial charge in [-0.15, -0.1) is 0 Å². The number of carbonyl (C=O) groups is 1. The van der Waals surface area contributed by atoms with Crippen molar-refractivity contribution in [3.8, 4) is 0 Å². The number of rotatable bonds is 3.